The van der Waals surface area contributed by atoms with E-state index in [1.165, 1.54) is 6.92 Å². The van der Waals surface area contributed by atoms with E-state index in [9.17, 15) is 4.79 Å². The SMILES string of the molecule is CC(=O)Nc1ccc(NCc2cc(Cl)ccc2Br)cc1. The summed E-state index contributed by atoms with van der Waals surface area (Å²) in [5.41, 5.74) is 2.85. The molecule has 2 rings (SSSR count). The first-order valence-corrected chi connectivity index (χ1v) is 7.27. The van der Waals surface area contributed by atoms with Crippen LogP contribution in [0.3, 0.4) is 0 Å². The van der Waals surface area contributed by atoms with Crippen LogP contribution in [0.5, 0.6) is 0 Å². The summed E-state index contributed by atoms with van der Waals surface area (Å²) in [5, 5.41) is 6.75. The van der Waals surface area contributed by atoms with Gasteiger partial charge in [-0.2, -0.15) is 0 Å². The summed E-state index contributed by atoms with van der Waals surface area (Å²) in [6, 6.07) is 13.3. The third-order valence-corrected chi connectivity index (χ3v) is 3.70. The molecule has 0 aliphatic heterocycles. The second-order valence-corrected chi connectivity index (χ2v) is 5.64. The van der Waals surface area contributed by atoms with Gasteiger partial charge in [-0.05, 0) is 48.0 Å². The fourth-order valence-corrected chi connectivity index (χ4v) is 2.33. The average molecular weight is 354 g/mol. The normalized spacial score (nSPS) is 10.2. The van der Waals surface area contributed by atoms with Crippen LogP contribution < -0.4 is 10.6 Å². The molecule has 0 aliphatic rings. The summed E-state index contributed by atoms with van der Waals surface area (Å²) in [6.07, 6.45) is 0. The molecule has 0 fully saturated rings. The number of halogens is 2. The van der Waals surface area contributed by atoms with Crippen molar-refractivity contribution in [3.8, 4) is 0 Å². The van der Waals surface area contributed by atoms with Gasteiger partial charge < -0.3 is 10.6 Å². The van der Waals surface area contributed by atoms with Crippen molar-refractivity contribution in [3.63, 3.8) is 0 Å². The van der Waals surface area contributed by atoms with Gasteiger partial charge in [0.2, 0.25) is 5.91 Å². The van der Waals surface area contributed by atoms with Gasteiger partial charge in [0, 0.05) is 34.3 Å². The fraction of sp³-hybridized carbons (Fsp3) is 0.133. The highest BCUT2D eigenvalue weighted by atomic mass is 79.9. The number of rotatable bonds is 4. The molecule has 0 radical (unpaired) electrons. The zero-order chi connectivity index (χ0) is 14.5. The molecule has 2 aromatic carbocycles. The van der Waals surface area contributed by atoms with Gasteiger partial charge in [-0.25, -0.2) is 0 Å². The summed E-state index contributed by atoms with van der Waals surface area (Å²) in [5.74, 6) is -0.0754. The van der Waals surface area contributed by atoms with Crippen molar-refractivity contribution in [1.82, 2.24) is 0 Å². The molecular weight excluding hydrogens is 340 g/mol. The Hall–Kier alpha value is -1.52. The zero-order valence-corrected chi connectivity index (χ0v) is 13.3. The minimum Gasteiger partial charge on any atom is -0.381 e. The summed E-state index contributed by atoms with van der Waals surface area (Å²) < 4.78 is 1.02. The zero-order valence-electron chi connectivity index (χ0n) is 10.9. The van der Waals surface area contributed by atoms with Crippen LogP contribution in [-0.2, 0) is 11.3 Å². The number of nitrogens with one attached hydrogen (secondary N) is 2. The van der Waals surface area contributed by atoms with E-state index in [4.69, 9.17) is 11.6 Å². The molecule has 1 amide bonds. The van der Waals surface area contributed by atoms with Gasteiger partial charge in [0.1, 0.15) is 0 Å². The Balaban J connectivity index is 2.00. The van der Waals surface area contributed by atoms with Gasteiger partial charge in [0.15, 0.2) is 0 Å². The first-order valence-electron chi connectivity index (χ1n) is 6.10. The smallest absolute Gasteiger partial charge is 0.221 e. The Labute approximate surface area is 131 Å². The van der Waals surface area contributed by atoms with Crippen LogP contribution in [0.1, 0.15) is 12.5 Å². The second-order valence-electron chi connectivity index (χ2n) is 4.35. The summed E-state index contributed by atoms with van der Waals surface area (Å²) in [6.45, 7) is 2.16. The first-order chi connectivity index (χ1) is 9.54. The van der Waals surface area contributed by atoms with Gasteiger partial charge in [-0.1, -0.05) is 27.5 Å². The van der Waals surface area contributed by atoms with Crippen LogP contribution in [0, 0.1) is 0 Å². The molecule has 3 nitrogen and oxygen atoms in total. The Kier molecular flexibility index (Phi) is 5.04. The topological polar surface area (TPSA) is 41.1 Å². The van der Waals surface area contributed by atoms with Gasteiger partial charge in [-0.15, -0.1) is 0 Å². The standard InChI is InChI=1S/C15H14BrClN2O/c1-10(20)19-14-5-3-13(4-6-14)18-9-11-8-12(17)2-7-15(11)16/h2-8,18H,9H2,1H3,(H,19,20). The largest absolute Gasteiger partial charge is 0.381 e. The van der Waals surface area contributed by atoms with E-state index in [2.05, 4.69) is 26.6 Å². The molecule has 0 unspecified atom stereocenters. The van der Waals surface area contributed by atoms with Crippen molar-refractivity contribution in [3.05, 3.63) is 57.5 Å². The molecule has 104 valence electrons. The minimum atomic E-state index is -0.0754. The molecule has 0 aliphatic carbocycles. The van der Waals surface area contributed by atoms with Crippen molar-refractivity contribution in [2.24, 2.45) is 0 Å². The maximum absolute atomic E-state index is 10.9. The Morgan fingerprint density at radius 3 is 2.45 bits per heavy atom. The Morgan fingerprint density at radius 2 is 1.80 bits per heavy atom. The van der Waals surface area contributed by atoms with Crippen molar-refractivity contribution in [1.29, 1.82) is 0 Å². The highest BCUT2D eigenvalue weighted by Crippen LogP contribution is 2.22. The molecule has 0 aromatic heterocycles. The van der Waals surface area contributed by atoms with Gasteiger partial charge in [0.05, 0.1) is 0 Å². The van der Waals surface area contributed by atoms with Crippen molar-refractivity contribution in [2.45, 2.75) is 13.5 Å². The molecule has 0 heterocycles. The quantitative estimate of drug-likeness (QED) is 0.838. The van der Waals surface area contributed by atoms with Crippen LogP contribution in [0.4, 0.5) is 11.4 Å². The Bertz CT molecular complexity index is 614. The number of carbonyl (C=O) groups excluding carboxylic acids is 1. The number of hydrogen-bond acceptors (Lipinski definition) is 2. The maximum Gasteiger partial charge on any atom is 0.221 e. The van der Waals surface area contributed by atoms with E-state index in [0.29, 0.717) is 11.6 Å². The number of anilines is 2. The van der Waals surface area contributed by atoms with Crippen molar-refractivity contribution < 1.29 is 4.79 Å². The van der Waals surface area contributed by atoms with Gasteiger partial charge in [-0.3, -0.25) is 4.79 Å². The van der Waals surface area contributed by atoms with Crippen LogP contribution in [0.15, 0.2) is 46.9 Å². The molecule has 2 aromatic rings. The molecule has 5 heteroatoms. The van der Waals surface area contributed by atoms with Crippen LogP contribution >= 0.6 is 27.5 Å². The van der Waals surface area contributed by atoms with E-state index < -0.39 is 0 Å². The van der Waals surface area contributed by atoms with Gasteiger partial charge >= 0.3 is 0 Å². The lowest BCUT2D eigenvalue weighted by Crippen LogP contribution is -2.05. The fourth-order valence-electron chi connectivity index (χ4n) is 1.75. The highest BCUT2D eigenvalue weighted by molar-refractivity contribution is 9.10. The Morgan fingerprint density at radius 1 is 1.15 bits per heavy atom. The molecule has 20 heavy (non-hydrogen) atoms. The maximum atomic E-state index is 10.9. The molecule has 0 saturated heterocycles. The summed E-state index contributed by atoms with van der Waals surface area (Å²) in [4.78, 5) is 10.9. The molecule has 2 N–H and O–H groups in total. The lowest BCUT2D eigenvalue weighted by Gasteiger charge is -2.09. The first kappa shape index (κ1) is 14.9. The number of amides is 1. The second kappa shape index (κ2) is 6.77. The molecular formula is C15H14BrClN2O. The lowest BCUT2D eigenvalue weighted by atomic mass is 10.2. The van der Waals surface area contributed by atoms with E-state index in [1.807, 2.05) is 42.5 Å². The molecule has 0 bridgehead atoms. The monoisotopic (exact) mass is 352 g/mol. The van der Waals surface area contributed by atoms with Crippen molar-refractivity contribution in [2.75, 3.05) is 10.6 Å². The van der Waals surface area contributed by atoms with E-state index >= 15 is 0 Å². The predicted molar refractivity (Wildman–Crippen MR) is 87.2 cm³/mol. The number of hydrogen-bond donors (Lipinski definition) is 2. The number of benzene rings is 2. The molecule has 0 spiro atoms. The average Bonchev–Trinajstić information content (AvgIpc) is 2.41. The van der Waals surface area contributed by atoms with E-state index in [-0.39, 0.29) is 5.91 Å². The lowest BCUT2D eigenvalue weighted by molar-refractivity contribution is -0.114. The van der Waals surface area contributed by atoms with Gasteiger partial charge in [0.25, 0.3) is 0 Å². The third-order valence-electron chi connectivity index (χ3n) is 2.70. The summed E-state index contributed by atoms with van der Waals surface area (Å²) in [7, 11) is 0. The molecule has 0 saturated carbocycles. The van der Waals surface area contributed by atoms with Crippen LogP contribution in [-0.4, -0.2) is 5.91 Å². The molecule has 0 atom stereocenters. The van der Waals surface area contributed by atoms with Crippen LogP contribution in [0.2, 0.25) is 5.02 Å². The number of carbonyl (C=O) groups is 1. The minimum absolute atomic E-state index is 0.0754. The van der Waals surface area contributed by atoms with E-state index in [0.717, 1.165) is 21.4 Å². The summed E-state index contributed by atoms with van der Waals surface area (Å²) >= 11 is 9.48. The highest BCUT2D eigenvalue weighted by Gasteiger charge is 2.01. The van der Waals surface area contributed by atoms with E-state index in [1.54, 1.807) is 0 Å². The predicted octanol–water partition coefficient (Wildman–Crippen LogP) is 4.67. The van der Waals surface area contributed by atoms with Crippen molar-refractivity contribution >= 4 is 44.8 Å². The third kappa shape index (κ3) is 4.25. The van der Waals surface area contributed by atoms with Crippen LogP contribution in [0.25, 0.3) is 0 Å².